The summed E-state index contributed by atoms with van der Waals surface area (Å²) in [5, 5.41) is 0. The van der Waals surface area contributed by atoms with Gasteiger partial charge in [-0.05, 0) is 40.9 Å². The molecule has 0 bridgehead atoms. The third kappa shape index (κ3) is 6.96. The van der Waals surface area contributed by atoms with Crippen LogP contribution in [0.5, 0.6) is 5.75 Å². The minimum absolute atomic E-state index is 0.251. The van der Waals surface area contributed by atoms with E-state index in [-0.39, 0.29) is 12.3 Å². The standard InChI is InChI=1S/C21H19NO2.C2H7N/c22-21(23)14-16-8-12-20(13-9-16)24-15-17-6-10-19(11-7-17)18-4-2-1-3-5-18;1-2-3/h1-13H,14-15H2,(H2,22,23);2-3H2,1H3. The van der Waals surface area contributed by atoms with Gasteiger partial charge in [0.25, 0.3) is 0 Å². The third-order valence-electron chi connectivity index (χ3n) is 3.77. The van der Waals surface area contributed by atoms with Crippen LogP contribution in [0.25, 0.3) is 11.1 Å². The summed E-state index contributed by atoms with van der Waals surface area (Å²) in [6.07, 6.45) is 0.251. The molecule has 0 unspecified atom stereocenters. The normalized spacial score (nSPS) is 9.85. The highest BCUT2D eigenvalue weighted by Gasteiger charge is 2.01. The van der Waals surface area contributed by atoms with Crippen molar-refractivity contribution in [2.75, 3.05) is 6.54 Å². The molecule has 0 aliphatic carbocycles. The number of hydrogen-bond donors (Lipinski definition) is 2. The van der Waals surface area contributed by atoms with Crippen molar-refractivity contribution in [1.82, 2.24) is 0 Å². The average Bonchev–Trinajstić information content (AvgIpc) is 2.69. The van der Waals surface area contributed by atoms with Crippen molar-refractivity contribution < 1.29 is 9.53 Å². The second-order valence-corrected chi connectivity index (χ2v) is 6.05. The topological polar surface area (TPSA) is 78.3 Å². The van der Waals surface area contributed by atoms with Crippen molar-refractivity contribution in [3.8, 4) is 16.9 Å². The van der Waals surface area contributed by atoms with Gasteiger partial charge in [-0.3, -0.25) is 4.79 Å². The monoisotopic (exact) mass is 362 g/mol. The van der Waals surface area contributed by atoms with Crippen molar-refractivity contribution in [2.24, 2.45) is 11.5 Å². The van der Waals surface area contributed by atoms with Crippen LogP contribution in [0, 0.1) is 0 Å². The molecule has 27 heavy (non-hydrogen) atoms. The molecule has 4 heteroatoms. The molecule has 3 aromatic rings. The molecular weight excluding hydrogens is 336 g/mol. The molecule has 1 amide bonds. The van der Waals surface area contributed by atoms with E-state index in [1.54, 1.807) is 0 Å². The van der Waals surface area contributed by atoms with Gasteiger partial charge in [0, 0.05) is 0 Å². The lowest BCUT2D eigenvalue weighted by molar-refractivity contribution is -0.117. The summed E-state index contributed by atoms with van der Waals surface area (Å²) < 4.78 is 5.78. The molecule has 3 rings (SSSR count). The zero-order valence-electron chi connectivity index (χ0n) is 15.6. The Bertz CT molecular complexity index is 813. The smallest absolute Gasteiger partial charge is 0.221 e. The molecule has 0 heterocycles. The fourth-order valence-corrected chi connectivity index (χ4v) is 2.50. The molecule has 0 aromatic heterocycles. The zero-order valence-corrected chi connectivity index (χ0v) is 15.6. The fourth-order valence-electron chi connectivity index (χ4n) is 2.50. The van der Waals surface area contributed by atoms with Crippen LogP contribution in [0.2, 0.25) is 0 Å². The number of amides is 1. The molecule has 4 nitrogen and oxygen atoms in total. The van der Waals surface area contributed by atoms with Crippen molar-refractivity contribution in [2.45, 2.75) is 20.0 Å². The minimum Gasteiger partial charge on any atom is -0.489 e. The van der Waals surface area contributed by atoms with E-state index in [1.165, 1.54) is 11.1 Å². The largest absolute Gasteiger partial charge is 0.489 e. The summed E-state index contributed by atoms with van der Waals surface area (Å²) in [5.74, 6) is 0.442. The quantitative estimate of drug-likeness (QED) is 0.697. The molecule has 140 valence electrons. The predicted octanol–water partition coefficient (Wildman–Crippen LogP) is 3.93. The van der Waals surface area contributed by atoms with Gasteiger partial charge in [0.2, 0.25) is 5.91 Å². The highest BCUT2D eigenvalue weighted by molar-refractivity contribution is 5.76. The summed E-state index contributed by atoms with van der Waals surface area (Å²) in [6.45, 7) is 3.16. The van der Waals surface area contributed by atoms with Crippen LogP contribution < -0.4 is 16.2 Å². The lowest BCUT2D eigenvalue weighted by Gasteiger charge is -2.08. The van der Waals surface area contributed by atoms with Gasteiger partial charge in [0.15, 0.2) is 0 Å². The Morgan fingerprint density at radius 3 is 1.89 bits per heavy atom. The maximum Gasteiger partial charge on any atom is 0.221 e. The number of primary amides is 1. The van der Waals surface area contributed by atoms with Gasteiger partial charge >= 0.3 is 0 Å². The molecule has 0 radical (unpaired) electrons. The Morgan fingerprint density at radius 2 is 1.33 bits per heavy atom. The third-order valence-corrected chi connectivity index (χ3v) is 3.77. The van der Waals surface area contributed by atoms with Crippen LogP contribution in [0.1, 0.15) is 18.1 Å². The van der Waals surface area contributed by atoms with Crippen molar-refractivity contribution >= 4 is 5.91 Å². The summed E-state index contributed by atoms with van der Waals surface area (Å²) in [4.78, 5) is 10.9. The fraction of sp³-hybridized carbons (Fsp3) is 0.174. The first-order chi connectivity index (χ1) is 13.1. The first-order valence-corrected chi connectivity index (χ1v) is 8.97. The van der Waals surface area contributed by atoms with Gasteiger partial charge in [-0.2, -0.15) is 0 Å². The summed E-state index contributed by atoms with van der Waals surface area (Å²) in [7, 11) is 0. The van der Waals surface area contributed by atoms with Crippen molar-refractivity contribution in [1.29, 1.82) is 0 Å². The number of nitrogens with two attached hydrogens (primary N) is 2. The van der Waals surface area contributed by atoms with Crippen molar-refractivity contribution in [3.05, 3.63) is 90.0 Å². The summed E-state index contributed by atoms with van der Waals surface area (Å²) in [6, 6.07) is 26.1. The lowest BCUT2D eigenvalue weighted by atomic mass is 10.0. The Hall–Kier alpha value is -3.11. The molecule has 0 saturated carbocycles. The van der Waals surface area contributed by atoms with Crippen LogP contribution >= 0.6 is 0 Å². The SMILES string of the molecule is CCN.NC(=O)Cc1ccc(OCc2ccc(-c3ccccc3)cc2)cc1. The molecule has 0 aliphatic rings. The predicted molar refractivity (Wildman–Crippen MR) is 110 cm³/mol. The van der Waals surface area contributed by atoms with Gasteiger partial charge in [0.05, 0.1) is 6.42 Å². The summed E-state index contributed by atoms with van der Waals surface area (Å²) in [5.41, 5.74) is 14.4. The average molecular weight is 362 g/mol. The van der Waals surface area contributed by atoms with Crippen LogP contribution in [0.3, 0.4) is 0 Å². The summed E-state index contributed by atoms with van der Waals surface area (Å²) >= 11 is 0. The van der Waals surface area contributed by atoms with E-state index in [2.05, 4.69) is 36.4 Å². The number of hydrogen-bond acceptors (Lipinski definition) is 3. The van der Waals surface area contributed by atoms with E-state index >= 15 is 0 Å². The van der Waals surface area contributed by atoms with Gasteiger partial charge in [-0.15, -0.1) is 0 Å². The number of carbonyl (C=O) groups is 1. The number of ether oxygens (including phenoxy) is 1. The molecule has 0 spiro atoms. The maximum absolute atomic E-state index is 10.9. The second kappa shape index (κ2) is 10.8. The van der Waals surface area contributed by atoms with Crippen LogP contribution in [-0.2, 0) is 17.8 Å². The van der Waals surface area contributed by atoms with Gasteiger partial charge in [-0.1, -0.05) is 73.7 Å². The Kier molecular flexibility index (Phi) is 8.07. The lowest BCUT2D eigenvalue weighted by Crippen LogP contribution is -2.13. The first kappa shape index (κ1) is 20.2. The molecule has 0 saturated heterocycles. The van der Waals surface area contributed by atoms with E-state index in [0.717, 1.165) is 23.4 Å². The Balaban J connectivity index is 0.000000817. The molecule has 0 aliphatic heterocycles. The van der Waals surface area contributed by atoms with Gasteiger partial charge < -0.3 is 16.2 Å². The highest BCUT2D eigenvalue weighted by atomic mass is 16.5. The minimum atomic E-state index is -0.331. The maximum atomic E-state index is 10.9. The molecule has 4 N–H and O–H groups in total. The second-order valence-electron chi connectivity index (χ2n) is 6.05. The highest BCUT2D eigenvalue weighted by Crippen LogP contribution is 2.20. The number of carbonyl (C=O) groups excluding carboxylic acids is 1. The number of rotatable bonds is 6. The van der Waals surface area contributed by atoms with E-state index in [9.17, 15) is 4.79 Å². The Labute approximate surface area is 160 Å². The van der Waals surface area contributed by atoms with Gasteiger partial charge in [-0.25, -0.2) is 0 Å². The van der Waals surface area contributed by atoms with Crippen LogP contribution in [0.15, 0.2) is 78.9 Å². The molecule has 3 aromatic carbocycles. The van der Waals surface area contributed by atoms with Crippen LogP contribution in [0.4, 0.5) is 0 Å². The van der Waals surface area contributed by atoms with Crippen LogP contribution in [-0.4, -0.2) is 12.5 Å². The molecule has 0 atom stereocenters. The van der Waals surface area contributed by atoms with E-state index in [0.29, 0.717) is 6.61 Å². The number of benzene rings is 3. The zero-order chi connectivity index (χ0) is 19.5. The van der Waals surface area contributed by atoms with E-state index < -0.39 is 0 Å². The van der Waals surface area contributed by atoms with E-state index in [1.807, 2.05) is 49.4 Å². The van der Waals surface area contributed by atoms with Crippen molar-refractivity contribution in [3.63, 3.8) is 0 Å². The molecule has 0 fully saturated rings. The first-order valence-electron chi connectivity index (χ1n) is 8.97. The van der Waals surface area contributed by atoms with Gasteiger partial charge in [0.1, 0.15) is 12.4 Å². The van der Waals surface area contributed by atoms with E-state index in [4.69, 9.17) is 16.2 Å². The molecular formula is C23H26N2O2. The Morgan fingerprint density at radius 1 is 0.815 bits per heavy atom.